The van der Waals surface area contributed by atoms with Gasteiger partial charge in [0.2, 0.25) is 0 Å². The lowest BCUT2D eigenvalue weighted by atomic mass is 9.95. The van der Waals surface area contributed by atoms with Crippen molar-refractivity contribution in [2.45, 2.75) is 103 Å². The van der Waals surface area contributed by atoms with Crippen molar-refractivity contribution in [3.05, 3.63) is 35.4 Å². The average molecular weight is 435 g/mol. The van der Waals surface area contributed by atoms with Crippen molar-refractivity contribution in [3.63, 3.8) is 0 Å². The molecule has 0 amide bonds. The van der Waals surface area contributed by atoms with Crippen LogP contribution in [0.5, 0.6) is 0 Å². The number of hydrogen-bond acceptors (Lipinski definition) is 4. The Morgan fingerprint density at radius 2 is 1.55 bits per heavy atom. The maximum absolute atomic E-state index is 6.46. The van der Waals surface area contributed by atoms with Gasteiger partial charge < -0.3 is 18.9 Å². The van der Waals surface area contributed by atoms with E-state index in [9.17, 15) is 0 Å². The summed E-state index contributed by atoms with van der Waals surface area (Å²) in [4.78, 5) is 0. The molecule has 1 atom stereocenters. The maximum atomic E-state index is 6.46. The normalized spacial score (nSPS) is 16.0. The van der Waals surface area contributed by atoms with Gasteiger partial charge in [0.25, 0.3) is 0 Å². The highest BCUT2D eigenvalue weighted by Gasteiger charge is 2.34. The van der Waals surface area contributed by atoms with Crippen molar-refractivity contribution in [2.24, 2.45) is 0 Å². The first-order valence-electron chi connectivity index (χ1n) is 12.8. The minimum atomic E-state index is -0.631. The molecule has 4 nitrogen and oxygen atoms in total. The van der Waals surface area contributed by atoms with Crippen LogP contribution in [0.25, 0.3) is 0 Å². The van der Waals surface area contributed by atoms with Crippen molar-refractivity contribution in [1.29, 1.82) is 0 Å². The van der Waals surface area contributed by atoms with Gasteiger partial charge in [-0.05, 0) is 31.2 Å². The van der Waals surface area contributed by atoms with Crippen LogP contribution in [-0.2, 0) is 31.2 Å². The molecule has 1 aliphatic rings. The molecule has 1 saturated heterocycles. The summed E-state index contributed by atoms with van der Waals surface area (Å²) in [5.74, 6) is -0.631. The summed E-state index contributed by atoms with van der Waals surface area (Å²) in [6, 6.07) is 8.76. The Kier molecular flexibility index (Phi) is 13.4. The zero-order valence-corrected chi connectivity index (χ0v) is 20.3. The molecule has 0 aromatic heterocycles. The summed E-state index contributed by atoms with van der Waals surface area (Å²) in [5, 5.41) is 0. The lowest BCUT2D eigenvalue weighted by Crippen LogP contribution is -2.34. The minimum Gasteiger partial charge on any atom is -0.378 e. The predicted molar refractivity (Wildman–Crippen MR) is 127 cm³/mol. The fraction of sp³-hybridized carbons (Fsp3) is 0.778. The van der Waals surface area contributed by atoms with E-state index in [-0.39, 0.29) is 0 Å². The summed E-state index contributed by atoms with van der Waals surface area (Å²) >= 11 is 0. The molecule has 0 spiro atoms. The Balaban J connectivity index is 1.99. The van der Waals surface area contributed by atoms with Crippen LogP contribution in [0.2, 0.25) is 0 Å². The first-order valence-corrected chi connectivity index (χ1v) is 12.8. The second-order valence-electron chi connectivity index (χ2n) is 8.80. The summed E-state index contributed by atoms with van der Waals surface area (Å²) in [7, 11) is 0. The lowest BCUT2D eigenvalue weighted by Gasteiger charge is -2.35. The molecule has 178 valence electrons. The quantitative estimate of drug-likeness (QED) is 0.129. The van der Waals surface area contributed by atoms with Gasteiger partial charge >= 0.3 is 0 Å². The first-order chi connectivity index (χ1) is 15.2. The third kappa shape index (κ3) is 10.5. The molecule has 2 rings (SSSR count). The molecular weight excluding hydrogens is 388 g/mol. The number of rotatable bonds is 20. The van der Waals surface area contributed by atoms with Crippen molar-refractivity contribution in [2.75, 3.05) is 33.0 Å². The van der Waals surface area contributed by atoms with E-state index in [2.05, 4.69) is 45.0 Å². The van der Waals surface area contributed by atoms with Crippen molar-refractivity contribution >= 4 is 0 Å². The molecule has 1 aliphatic heterocycles. The van der Waals surface area contributed by atoms with Crippen LogP contribution in [-0.4, -0.2) is 39.1 Å². The summed E-state index contributed by atoms with van der Waals surface area (Å²) < 4.78 is 23.9. The van der Waals surface area contributed by atoms with Crippen molar-refractivity contribution in [1.82, 2.24) is 0 Å². The summed E-state index contributed by atoms with van der Waals surface area (Å²) in [6.45, 7) is 10.3. The van der Waals surface area contributed by atoms with Crippen molar-refractivity contribution in [3.8, 4) is 0 Å². The lowest BCUT2D eigenvalue weighted by molar-refractivity contribution is -0.252. The highest BCUT2D eigenvalue weighted by Crippen LogP contribution is 2.34. The van der Waals surface area contributed by atoms with Crippen LogP contribution in [0.15, 0.2) is 24.3 Å². The van der Waals surface area contributed by atoms with Gasteiger partial charge in [-0.1, -0.05) is 83.6 Å². The first kappa shape index (κ1) is 26.3. The summed E-state index contributed by atoms with van der Waals surface area (Å²) in [5.41, 5.74) is 2.43. The number of epoxide rings is 1. The number of unbranched alkanes of at least 4 members (excludes halogenated alkanes) is 6. The van der Waals surface area contributed by atoms with Crippen LogP contribution in [0, 0.1) is 0 Å². The fourth-order valence-corrected chi connectivity index (χ4v) is 3.88. The summed E-state index contributed by atoms with van der Waals surface area (Å²) in [6.07, 6.45) is 13.2. The average Bonchev–Trinajstić information content (AvgIpc) is 3.62. The molecule has 1 unspecified atom stereocenters. The standard InChI is InChI=1S/C27H46O4/c1-4-7-8-9-10-11-12-17-27(30-18-5-2,31-19-6-3)25-15-13-14-24(21-25)16-20-28-22-26-23-29-26/h13-15,21,26H,4-12,16-20,22-23H2,1-3H3. The topological polar surface area (TPSA) is 40.2 Å². The maximum Gasteiger partial charge on any atom is 0.194 e. The van der Waals surface area contributed by atoms with Gasteiger partial charge in [0, 0.05) is 12.0 Å². The van der Waals surface area contributed by atoms with Gasteiger partial charge in [0.15, 0.2) is 5.79 Å². The zero-order chi connectivity index (χ0) is 22.2. The van der Waals surface area contributed by atoms with Crippen molar-refractivity contribution < 1.29 is 18.9 Å². The minimum absolute atomic E-state index is 0.325. The molecule has 0 N–H and O–H groups in total. The SMILES string of the molecule is CCCCCCCCCC(OCCC)(OCCC)c1cccc(CCOCC2CO2)c1. The van der Waals surface area contributed by atoms with Crippen LogP contribution >= 0.6 is 0 Å². The molecule has 1 aromatic rings. The Hall–Kier alpha value is -0.940. The van der Waals surface area contributed by atoms with Gasteiger partial charge in [0.05, 0.1) is 33.0 Å². The molecule has 4 heteroatoms. The van der Waals surface area contributed by atoms with Gasteiger partial charge in [-0.25, -0.2) is 0 Å². The molecule has 0 aliphatic carbocycles. The highest BCUT2D eigenvalue weighted by molar-refractivity contribution is 5.27. The second kappa shape index (κ2) is 15.8. The predicted octanol–water partition coefficient (Wildman–Crippen LogP) is 6.79. The molecular formula is C27H46O4. The fourth-order valence-electron chi connectivity index (χ4n) is 3.88. The number of hydrogen-bond donors (Lipinski definition) is 0. The van der Waals surface area contributed by atoms with Gasteiger partial charge in [-0.2, -0.15) is 0 Å². The molecule has 1 fully saturated rings. The van der Waals surface area contributed by atoms with Crippen LogP contribution in [0.1, 0.15) is 96.1 Å². The van der Waals surface area contributed by atoms with E-state index in [1.54, 1.807) is 0 Å². The molecule has 1 aromatic carbocycles. The third-order valence-corrected chi connectivity index (χ3v) is 5.80. The molecule has 0 radical (unpaired) electrons. The molecule has 0 saturated carbocycles. The van der Waals surface area contributed by atoms with Gasteiger partial charge in [0.1, 0.15) is 6.10 Å². The van der Waals surface area contributed by atoms with E-state index in [0.29, 0.717) is 12.7 Å². The molecule has 31 heavy (non-hydrogen) atoms. The highest BCUT2D eigenvalue weighted by atomic mass is 16.7. The van der Waals surface area contributed by atoms with E-state index in [1.165, 1.54) is 44.1 Å². The van der Waals surface area contributed by atoms with E-state index >= 15 is 0 Å². The van der Waals surface area contributed by atoms with Crippen LogP contribution < -0.4 is 0 Å². The Morgan fingerprint density at radius 3 is 2.19 bits per heavy atom. The number of benzene rings is 1. The monoisotopic (exact) mass is 434 g/mol. The number of ether oxygens (including phenoxy) is 4. The smallest absolute Gasteiger partial charge is 0.194 e. The molecule has 1 heterocycles. The van der Waals surface area contributed by atoms with Gasteiger partial charge in [-0.15, -0.1) is 0 Å². The Bertz CT molecular complexity index is 562. The molecule has 0 bridgehead atoms. The third-order valence-electron chi connectivity index (χ3n) is 5.80. The van der Waals surface area contributed by atoms with E-state index < -0.39 is 5.79 Å². The second-order valence-corrected chi connectivity index (χ2v) is 8.80. The Morgan fingerprint density at radius 1 is 0.871 bits per heavy atom. The van der Waals surface area contributed by atoms with E-state index in [4.69, 9.17) is 18.9 Å². The van der Waals surface area contributed by atoms with Crippen LogP contribution in [0.3, 0.4) is 0 Å². The van der Waals surface area contributed by atoms with Gasteiger partial charge in [-0.3, -0.25) is 0 Å². The van der Waals surface area contributed by atoms with E-state index in [0.717, 1.165) is 64.1 Å². The zero-order valence-electron chi connectivity index (χ0n) is 20.3. The van der Waals surface area contributed by atoms with E-state index in [1.807, 2.05) is 0 Å². The van der Waals surface area contributed by atoms with Crippen LogP contribution in [0.4, 0.5) is 0 Å². The largest absolute Gasteiger partial charge is 0.378 e. The Labute approximate surface area is 191 Å².